The van der Waals surface area contributed by atoms with E-state index < -0.39 is 17.6 Å². The summed E-state index contributed by atoms with van der Waals surface area (Å²) >= 11 is 8.48. The first-order valence-electron chi connectivity index (χ1n) is 4.94. The van der Waals surface area contributed by atoms with Crippen LogP contribution < -0.4 is 9.47 Å². The monoisotopic (exact) mass is 366 g/mol. The van der Waals surface area contributed by atoms with Crippen LogP contribution in [0, 0.1) is 0 Å². The number of hydrogen-bond donors (Lipinski definition) is 0. The number of rotatable bonds is 3. The second kappa shape index (κ2) is 7.11. The van der Waals surface area contributed by atoms with Gasteiger partial charge in [-0.1, -0.05) is 15.9 Å². The Balaban J connectivity index is 3.34. The minimum absolute atomic E-state index is 0.189. The lowest BCUT2D eigenvalue weighted by Gasteiger charge is -2.12. The molecule has 1 aromatic rings. The lowest BCUT2D eigenvalue weighted by molar-refractivity contribution is 0.104. The van der Waals surface area contributed by atoms with Crippen molar-refractivity contribution in [2.45, 2.75) is 0 Å². The highest BCUT2D eigenvalue weighted by atomic mass is 79.9. The van der Waals surface area contributed by atoms with Crippen LogP contribution in [0.1, 0.15) is 10.4 Å². The Bertz CT molecular complexity index is 558. The fraction of sp³-hybridized carbons (Fsp3) is 0.182. The predicted octanol–water partition coefficient (Wildman–Crippen LogP) is 3.12. The average Bonchev–Trinajstić information content (AvgIpc) is 2.40. The van der Waals surface area contributed by atoms with E-state index in [2.05, 4.69) is 25.4 Å². The van der Waals surface area contributed by atoms with E-state index >= 15 is 0 Å². The van der Waals surface area contributed by atoms with Crippen LogP contribution in [-0.4, -0.2) is 31.8 Å². The van der Waals surface area contributed by atoms with Crippen molar-refractivity contribution in [1.82, 2.24) is 0 Å². The maximum Gasteiger partial charge on any atom is 0.513 e. The van der Waals surface area contributed by atoms with Crippen molar-refractivity contribution in [1.29, 1.82) is 0 Å². The summed E-state index contributed by atoms with van der Waals surface area (Å²) in [6.07, 6.45) is -2.17. The second-order valence-corrected chi connectivity index (χ2v) is 4.43. The van der Waals surface area contributed by atoms with E-state index in [-0.39, 0.29) is 17.1 Å². The Labute approximate surface area is 126 Å². The number of methoxy groups -OCH3 is 2. The van der Waals surface area contributed by atoms with Gasteiger partial charge < -0.3 is 18.9 Å². The van der Waals surface area contributed by atoms with Gasteiger partial charge in [-0.05, 0) is 23.7 Å². The molecule has 0 bridgehead atoms. The summed E-state index contributed by atoms with van der Waals surface area (Å²) in [5.74, 6) is -0.592. The van der Waals surface area contributed by atoms with Gasteiger partial charge in [-0.25, -0.2) is 9.59 Å². The first kappa shape index (κ1) is 16.3. The van der Waals surface area contributed by atoms with Crippen LogP contribution in [0.4, 0.5) is 9.59 Å². The Hall–Kier alpha value is -1.80. The number of carbonyl (C=O) groups excluding carboxylic acids is 3. The van der Waals surface area contributed by atoms with Crippen molar-refractivity contribution in [3.63, 3.8) is 0 Å². The number of halogens is 2. The van der Waals surface area contributed by atoms with E-state index in [1.54, 1.807) is 0 Å². The molecule has 9 heteroatoms. The van der Waals surface area contributed by atoms with Crippen LogP contribution in [0.25, 0.3) is 0 Å². The molecule has 0 radical (unpaired) electrons. The molecule has 1 rings (SSSR count). The SMILES string of the molecule is COC(=O)Oc1cc(Br)cc(C(=O)Cl)c1OC(=O)OC. The van der Waals surface area contributed by atoms with Crippen molar-refractivity contribution in [3.8, 4) is 11.5 Å². The highest BCUT2D eigenvalue weighted by Gasteiger charge is 2.23. The molecule has 0 amide bonds. The van der Waals surface area contributed by atoms with Gasteiger partial charge in [0.2, 0.25) is 0 Å². The average molecular weight is 368 g/mol. The number of carbonyl (C=O) groups is 3. The smallest absolute Gasteiger partial charge is 0.437 e. The van der Waals surface area contributed by atoms with Gasteiger partial charge in [-0.15, -0.1) is 0 Å². The number of benzene rings is 1. The summed E-state index contributed by atoms with van der Waals surface area (Å²) in [4.78, 5) is 33.6. The van der Waals surface area contributed by atoms with E-state index in [1.807, 2.05) is 0 Å². The fourth-order valence-electron chi connectivity index (χ4n) is 1.15. The minimum Gasteiger partial charge on any atom is -0.437 e. The standard InChI is InChI=1S/C11H8BrClO7/c1-17-10(15)19-7-4-5(12)3-6(9(13)14)8(7)20-11(16)18-2/h3-4H,1-2H3. The third-order valence-corrected chi connectivity index (χ3v) is 2.60. The molecule has 0 N–H and O–H groups in total. The number of hydrogen-bond acceptors (Lipinski definition) is 7. The van der Waals surface area contributed by atoms with E-state index in [4.69, 9.17) is 21.1 Å². The van der Waals surface area contributed by atoms with Crippen LogP contribution in [0.2, 0.25) is 0 Å². The summed E-state index contributed by atoms with van der Waals surface area (Å²) in [6.45, 7) is 0. The van der Waals surface area contributed by atoms with Gasteiger partial charge in [0.05, 0.1) is 19.8 Å². The van der Waals surface area contributed by atoms with Crippen molar-refractivity contribution in [3.05, 3.63) is 22.2 Å². The molecule has 1 aromatic carbocycles. The first-order valence-corrected chi connectivity index (χ1v) is 6.11. The molecular weight excluding hydrogens is 359 g/mol. The van der Waals surface area contributed by atoms with Gasteiger partial charge in [-0.2, -0.15) is 0 Å². The zero-order valence-electron chi connectivity index (χ0n) is 10.3. The molecule has 0 fully saturated rings. The van der Waals surface area contributed by atoms with Gasteiger partial charge in [0.1, 0.15) is 0 Å². The molecule has 0 aliphatic rings. The highest BCUT2D eigenvalue weighted by molar-refractivity contribution is 9.10. The third kappa shape index (κ3) is 4.10. The van der Waals surface area contributed by atoms with Gasteiger partial charge in [0.25, 0.3) is 5.24 Å². The van der Waals surface area contributed by atoms with Crippen LogP contribution in [0.15, 0.2) is 16.6 Å². The van der Waals surface area contributed by atoms with E-state index in [0.29, 0.717) is 4.47 Å². The molecule has 0 spiro atoms. The summed E-state index contributed by atoms with van der Waals surface area (Å²) in [5.41, 5.74) is -0.189. The van der Waals surface area contributed by atoms with Crippen LogP contribution in [0.3, 0.4) is 0 Å². The highest BCUT2D eigenvalue weighted by Crippen LogP contribution is 2.36. The van der Waals surface area contributed by atoms with Gasteiger partial charge in [0.15, 0.2) is 11.5 Å². The molecule has 0 saturated heterocycles. The molecule has 20 heavy (non-hydrogen) atoms. The van der Waals surface area contributed by atoms with Crippen molar-refractivity contribution in [2.75, 3.05) is 14.2 Å². The normalized spacial score (nSPS) is 9.60. The maximum atomic E-state index is 11.3. The third-order valence-electron chi connectivity index (χ3n) is 1.94. The van der Waals surface area contributed by atoms with Crippen LogP contribution in [0.5, 0.6) is 11.5 Å². The largest absolute Gasteiger partial charge is 0.513 e. The Morgan fingerprint density at radius 1 is 1.05 bits per heavy atom. The Morgan fingerprint density at radius 3 is 2.10 bits per heavy atom. The molecular formula is C11H8BrClO7. The summed E-state index contributed by atoms with van der Waals surface area (Å²) in [7, 11) is 2.17. The van der Waals surface area contributed by atoms with Gasteiger partial charge >= 0.3 is 12.3 Å². The fourth-order valence-corrected chi connectivity index (χ4v) is 1.73. The molecule has 0 unspecified atom stereocenters. The van der Waals surface area contributed by atoms with Crippen LogP contribution >= 0.6 is 27.5 Å². The molecule has 0 heterocycles. The predicted molar refractivity (Wildman–Crippen MR) is 70.4 cm³/mol. The summed E-state index contributed by atoms with van der Waals surface area (Å²) < 4.78 is 18.5. The molecule has 0 aliphatic carbocycles. The first-order chi connectivity index (χ1) is 9.38. The van der Waals surface area contributed by atoms with Crippen molar-refractivity contribution < 1.29 is 33.3 Å². The molecule has 0 atom stereocenters. The Kier molecular flexibility index (Phi) is 5.78. The second-order valence-electron chi connectivity index (χ2n) is 3.17. The summed E-state index contributed by atoms with van der Waals surface area (Å²) in [6, 6.07) is 2.58. The maximum absolute atomic E-state index is 11.3. The van der Waals surface area contributed by atoms with E-state index in [0.717, 1.165) is 14.2 Å². The minimum atomic E-state index is -1.11. The molecule has 0 aromatic heterocycles. The zero-order chi connectivity index (χ0) is 15.3. The van der Waals surface area contributed by atoms with E-state index in [1.165, 1.54) is 12.1 Å². The Morgan fingerprint density at radius 2 is 1.60 bits per heavy atom. The lowest BCUT2D eigenvalue weighted by Crippen LogP contribution is -2.14. The zero-order valence-corrected chi connectivity index (χ0v) is 12.6. The molecule has 0 aliphatic heterocycles. The lowest BCUT2D eigenvalue weighted by atomic mass is 10.2. The quantitative estimate of drug-likeness (QED) is 0.461. The number of ether oxygens (including phenoxy) is 4. The van der Waals surface area contributed by atoms with E-state index in [9.17, 15) is 14.4 Å². The topological polar surface area (TPSA) is 88.1 Å². The summed E-state index contributed by atoms with van der Waals surface area (Å²) in [5, 5.41) is -0.917. The van der Waals surface area contributed by atoms with Gasteiger partial charge in [-0.3, -0.25) is 4.79 Å². The van der Waals surface area contributed by atoms with Crippen LogP contribution in [-0.2, 0) is 9.47 Å². The van der Waals surface area contributed by atoms with Crippen molar-refractivity contribution in [2.24, 2.45) is 0 Å². The molecule has 108 valence electrons. The molecule has 0 saturated carbocycles. The van der Waals surface area contributed by atoms with Crippen molar-refractivity contribution >= 4 is 45.1 Å². The molecule has 7 nitrogen and oxygen atoms in total. The van der Waals surface area contributed by atoms with Gasteiger partial charge in [0, 0.05) is 4.47 Å².